The molecule has 5 aromatic rings. The largest absolute Gasteiger partial charge is 0.399 e. The van der Waals surface area contributed by atoms with Gasteiger partial charge in [-0.3, -0.25) is 9.11 Å². The molecule has 0 aliphatic heterocycles. The van der Waals surface area contributed by atoms with Gasteiger partial charge >= 0.3 is 0 Å². The molecule has 0 amide bonds. The number of hydrogen-bond donors (Lipinski definition) is 7. The lowest BCUT2D eigenvalue weighted by atomic mass is 10.1. The van der Waals surface area contributed by atoms with Gasteiger partial charge in [-0.1, -0.05) is 30.3 Å². The van der Waals surface area contributed by atoms with E-state index in [-0.39, 0.29) is 9.79 Å². The normalized spacial score (nSPS) is 11.2. The molecule has 0 fully saturated rings. The van der Waals surface area contributed by atoms with Crippen LogP contribution in [0, 0.1) is 0 Å². The van der Waals surface area contributed by atoms with Gasteiger partial charge in [0.2, 0.25) is 0 Å². The second-order valence-electron chi connectivity index (χ2n) is 8.26. The second-order valence-corrected chi connectivity index (χ2v) is 11.1. The molecule has 0 aliphatic rings. The van der Waals surface area contributed by atoms with Gasteiger partial charge < -0.3 is 28.7 Å². The predicted molar refractivity (Wildman–Crippen MR) is 156 cm³/mol. The Morgan fingerprint density at radius 2 is 0.769 bits per heavy atom. The average molecular weight is 570 g/mol. The van der Waals surface area contributed by atoms with E-state index in [1.165, 1.54) is 36.4 Å². The maximum absolute atomic E-state index is 11.0. The lowest BCUT2D eigenvalue weighted by molar-refractivity contribution is 0.481. The highest BCUT2D eigenvalue weighted by atomic mass is 32.2. The summed E-state index contributed by atoms with van der Waals surface area (Å²) < 4.78 is 61.6. The Bertz CT molecular complexity index is 1740. The maximum atomic E-state index is 11.0. The van der Waals surface area contributed by atoms with E-state index in [0.717, 1.165) is 5.69 Å². The molecule has 39 heavy (non-hydrogen) atoms. The number of hydrogen-bond acceptors (Lipinski definition) is 9. The third kappa shape index (κ3) is 7.27. The molecule has 0 unspecified atom stereocenters. The van der Waals surface area contributed by atoms with Crippen molar-refractivity contribution >= 4 is 70.2 Å². The number of nitrogens with two attached hydrogens (primary N) is 5. The minimum absolute atomic E-state index is 0.197. The highest BCUT2D eigenvalue weighted by Crippen LogP contribution is 2.29. The Morgan fingerprint density at radius 3 is 1.05 bits per heavy atom. The van der Waals surface area contributed by atoms with Gasteiger partial charge in [-0.25, -0.2) is 0 Å². The molecule has 0 aromatic heterocycles. The minimum atomic E-state index is -4.22. The summed E-state index contributed by atoms with van der Waals surface area (Å²) in [5, 5.41) is 2.34. The highest BCUT2D eigenvalue weighted by molar-refractivity contribution is 7.86. The molecule has 0 heterocycles. The van der Waals surface area contributed by atoms with E-state index in [1.54, 1.807) is 24.3 Å². The zero-order valence-corrected chi connectivity index (χ0v) is 22.0. The summed E-state index contributed by atoms with van der Waals surface area (Å²) in [5.74, 6) is 0. The molecule has 0 spiro atoms. The molecule has 0 saturated carbocycles. The van der Waals surface area contributed by atoms with Crippen molar-refractivity contribution in [3.05, 3.63) is 91.0 Å². The molecule has 0 saturated heterocycles. The van der Waals surface area contributed by atoms with Gasteiger partial charge in [0.25, 0.3) is 20.2 Å². The summed E-state index contributed by atoms with van der Waals surface area (Å²) in [6.45, 7) is 0. The summed E-state index contributed by atoms with van der Waals surface area (Å²) in [6.07, 6.45) is 0. The fourth-order valence-electron chi connectivity index (χ4n) is 3.52. The van der Waals surface area contributed by atoms with Crippen LogP contribution < -0.4 is 28.7 Å². The van der Waals surface area contributed by atoms with Gasteiger partial charge in [-0.05, 0) is 60.7 Å². The molecule has 204 valence electrons. The Hall–Kier alpha value is -4.56. The number of anilines is 5. The first kappa shape index (κ1) is 29.0. The van der Waals surface area contributed by atoms with Crippen molar-refractivity contribution in [3.63, 3.8) is 0 Å². The summed E-state index contributed by atoms with van der Waals surface area (Å²) in [6, 6.07) is 24.2. The van der Waals surface area contributed by atoms with Crippen LogP contribution in [-0.2, 0) is 20.2 Å². The van der Waals surface area contributed by atoms with Crippen molar-refractivity contribution in [2.24, 2.45) is 0 Å². The fraction of sp³-hybridized carbons (Fsp3) is 0. The number of fused-ring (bicyclic) bond motifs is 2. The first-order valence-corrected chi connectivity index (χ1v) is 14.0. The first-order chi connectivity index (χ1) is 18.2. The summed E-state index contributed by atoms with van der Waals surface area (Å²) in [7, 11) is -8.44. The standard InChI is InChI=1S/2C10H10N2O3S.C6H7N/c2*11-9-3-4-10(12)8-5-6(16(13,14)15)1-2-7(8)9;7-6-4-2-1-3-5-6/h2*1-5H,11-12H2,(H,13,14,15);1-5H,7H2. The van der Waals surface area contributed by atoms with Crippen molar-refractivity contribution in [1.29, 1.82) is 0 Å². The van der Waals surface area contributed by atoms with E-state index in [2.05, 4.69) is 0 Å². The molecule has 12 N–H and O–H groups in total. The molecule has 0 bridgehead atoms. The van der Waals surface area contributed by atoms with E-state index in [0.29, 0.717) is 44.3 Å². The number of rotatable bonds is 2. The van der Waals surface area contributed by atoms with Crippen LogP contribution in [0.5, 0.6) is 0 Å². The Labute approximate surface area is 225 Å². The molecular weight excluding hydrogens is 542 g/mol. The molecule has 13 heteroatoms. The van der Waals surface area contributed by atoms with Gasteiger partial charge in [0.1, 0.15) is 0 Å². The smallest absolute Gasteiger partial charge is 0.294 e. The third-order valence-corrected chi connectivity index (χ3v) is 7.21. The van der Waals surface area contributed by atoms with Gasteiger partial charge in [-0.2, -0.15) is 16.8 Å². The molecule has 11 nitrogen and oxygen atoms in total. The maximum Gasteiger partial charge on any atom is 0.294 e. The van der Waals surface area contributed by atoms with E-state index in [9.17, 15) is 16.8 Å². The van der Waals surface area contributed by atoms with E-state index < -0.39 is 20.2 Å². The average Bonchev–Trinajstić information content (AvgIpc) is 2.88. The van der Waals surface area contributed by atoms with Crippen LogP contribution in [0.4, 0.5) is 28.4 Å². The Kier molecular flexibility index (Phi) is 8.51. The lowest BCUT2D eigenvalue weighted by Crippen LogP contribution is -1.99. The van der Waals surface area contributed by atoms with Crippen LogP contribution in [0.3, 0.4) is 0 Å². The lowest BCUT2D eigenvalue weighted by Gasteiger charge is -2.06. The molecule has 5 rings (SSSR count). The summed E-state index contributed by atoms with van der Waals surface area (Å²) in [5.41, 5.74) is 30.9. The van der Waals surface area contributed by atoms with E-state index in [1.807, 2.05) is 30.3 Å². The molecular formula is C26H27N5O6S2. The number of benzene rings is 5. The van der Waals surface area contributed by atoms with Crippen molar-refractivity contribution < 1.29 is 25.9 Å². The van der Waals surface area contributed by atoms with Gasteiger partial charge in [-0.15, -0.1) is 0 Å². The minimum Gasteiger partial charge on any atom is -0.399 e. The highest BCUT2D eigenvalue weighted by Gasteiger charge is 2.12. The monoisotopic (exact) mass is 569 g/mol. The molecule has 0 atom stereocenters. The van der Waals surface area contributed by atoms with Gasteiger partial charge in [0.15, 0.2) is 0 Å². The van der Waals surface area contributed by atoms with Gasteiger partial charge in [0, 0.05) is 50.0 Å². The third-order valence-electron chi connectivity index (χ3n) is 5.51. The zero-order chi connectivity index (χ0) is 29.0. The Morgan fingerprint density at radius 1 is 0.436 bits per heavy atom. The van der Waals surface area contributed by atoms with Crippen LogP contribution in [0.25, 0.3) is 21.5 Å². The summed E-state index contributed by atoms with van der Waals surface area (Å²) >= 11 is 0. The number of nitrogen functional groups attached to an aromatic ring is 5. The van der Waals surface area contributed by atoms with Crippen molar-refractivity contribution in [2.45, 2.75) is 9.79 Å². The van der Waals surface area contributed by atoms with Crippen molar-refractivity contribution in [1.82, 2.24) is 0 Å². The van der Waals surface area contributed by atoms with Crippen LogP contribution in [0.15, 0.2) is 101 Å². The van der Waals surface area contributed by atoms with E-state index in [4.69, 9.17) is 37.8 Å². The fourth-order valence-corrected chi connectivity index (χ4v) is 4.53. The predicted octanol–water partition coefficient (Wildman–Crippen LogP) is 3.77. The summed E-state index contributed by atoms with van der Waals surface area (Å²) in [4.78, 5) is -0.394. The first-order valence-electron chi connectivity index (χ1n) is 11.1. The van der Waals surface area contributed by atoms with Crippen molar-refractivity contribution in [2.75, 3.05) is 28.7 Å². The molecule has 0 radical (unpaired) electrons. The van der Waals surface area contributed by atoms with Crippen LogP contribution in [0.2, 0.25) is 0 Å². The van der Waals surface area contributed by atoms with E-state index >= 15 is 0 Å². The van der Waals surface area contributed by atoms with Crippen LogP contribution in [0.1, 0.15) is 0 Å². The molecule has 0 aliphatic carbocycles. The quantitative estimate of drug-likeness (QED) is 0.119. The van der Waals surface area contributed by atoms with Crippen LogP contribution >= 0.6 is 0 Å². The van der Waals surface area contributed by atoms with Crippen LogP contribution in [-0.4, -0.2) is 25.9 Å². The molecule has 5 aromatic carbocycles. The topological polar surface area (TPSA) is 239 Å². The second kappa shape index (κ2) is 11.4. The van der Waals surface area contributed by atoms with Crippen molar-refractivity contribution in [3.8, 4) is 0 Å². The van der Waals surface area contributed by atoms with Gasteiger partial charge in [0.05, 0.1) is 9.79 Å². The zero-order valence-electron chi connectivity index (χ0n) is 20.4. The SMILES string of the molecule is Nc1ccc(N)c2cc(S(=O)(=O)O)ccc12.Nc1ccc(N)c2cc(S(=O)(=O)O)ccc12.Nc1ccccc1. The Balaban J connectivity index is 0.000000174. The number of para-hydroxylation sites is 1.